The molecular weight excluding hydrogens is 609 g/mol. The van der Waals surface area contributed by atoms with E-state index in [1.54, 1.807) is 0 Å². The molecular formula is C46H70N4+4. The molecule has 0 atom stereocenters. The van der Waals surface area contributed by atoms with Crippen molar-refractivity contribution in [1.29, 1.82) is 0 Å². The van der Waals surface area contributed by atoms with Crippen LogP contribution in [0.2, 0.25) is 0 Å². The monoisotopic (exact) mass is 679 g/mol. The Hall–Kier alpha value is -3.40. The van der Waals surface area contributed by atoms with Crippen molar-refractivity contribution in [1.82, 2.24) is 0 Å². The number of aryl methyl sites for hydroxylation is 8. The summed E-state index contributed by atoms with van der Waals surface area (Å²) in [4.78, 5) is 0. The van der Waals surface area contributed by atoms with Gasteiger partial charge in [-0.2, -0.15) is 0 Å². The van der Waals surface area contributed by atoms with Crippen LogP contribution in [0.25, 0.3) is 11.1 Å². The molecule has 0 N–H and O–H groups in total. The molecule has 0 aliphatic rings. The number of nitrogens with zero attached hydrogens (tertiary/aromatic N) is 4. The van der Waals surface area contributed by atoms with E-state index in [1.807, 2.05) is 0 Å². The predicted octanol–water partition coefficient (Wildman–Crippen LogP) is 10.2. The Labute approximate surface area is 306 Å². The van der Waals surface area contributed by atoms with Gasteiger partial charge in [0, 0.05) is 72.2 Å². The average Bonchev–Trinajstić information content (AvgIpc) is 3.09. The van der Waals surface area contributed by atoms with Crippen LogP contribution in [0.3, 0.4) is 0 Å². The van der Waals surface area contributed by atoms with Crippen LogP contribution in [0.15, 0.2) is 86.0 Å². The van der Waals surface area contributed by atoms with Gasteiger partial charge in [0.1, 0.15) is 26.2 Å². The largest absolute Gasteiger partial charge is 0.205 e. The summed E-state index contributed by atoms with van der Waals surface area (Å²) >= 11 is 0. The van der Waals surface area contributed by atoms with Crippen molar-refractivity contribution in [2.75, 3.05) is 0 Å². The van der Waals surface area contributed by atoms with E-state index in [2.05, 4.69) is 132 Å². The van der Waals surface area contributed by atoms with Gasteiger partial charge in [-0.3, -0.25) is 0 Å². The molecule has 0 amide bonds. The third kappa shape index (κ3) is 16.1. The van der Waals surface area contributed by atoms with E-state index in [0.29, 0.717) is 0 Å². The Morgan fingerprint density at radius 1 is 0.300 bits per heavy atom. The van der Waals surface area contributed by atoms with Crippen LogP contribution in [0.4, 0.5) is 0 Å². The zero-order valence-corrected chi connectivity index (χ0v) is 32.4. The second-order valence-electron chi connectivity index (χ2n) is 15.3. The average molecular weight is 679 g/mol. The Morgan fingerprint density at radius 3 is 0.780 bits per heavy atom. The molecule has 0 unspecified atom stereocenters. The fraction of sp³-hybridized carbons (Fsp3) is 0.565. The number of aromatic nitrogens is 4. The van der Waals surface area contributed by atoms with Crippen molar-refractivity contribution in [3.63, 3.8) is 0 Å². The van der Waals surface area contributed by atoms with Gasteiger partial charge in [0.05, 0.1) is 0 Å². The topological polar surface area (TPSA) is 15.5 Å². The lowest BCUT2D eigenvalue weighted by atomic mass is 10.1. The summed E-state index contributed by atoms with van der Waals surface area (Å²) in [7, 11) is 0. The number of pyridine rings is 4. The number of unbranched alkanes of at least 4 members (excludes halogenated alkanes) is 16. The van der Waals surface area contributed by atoms with E-state index in [1.165, 1.54) is 149 Å². The van der Waals surface area contributed by atoms with E-state index in [-0.39, 0.29) is 0 Å². The summed E-state index contributed by atoms with van der Waals surface area (Å²) in [5.41, 5.74) is 8.08. The highest BCUT2D eigenvalue weighted by atomic mass is 14.9. The second kappa shape index (κ2) is 23.1. The van der Waals surface area contributed by atoms with Crippen molar-refractivity contribution in [3.05, 3.63) is 108 Å². The van der Waals surface area contributed by atoms with E-state index >= 15 is 0 Å². The lowest BCUT2D eigenvalue weighted by Crippen LogP contribution is -2.33. The Morgan fingerprint density at radius 2 is 0.520 bits per heavy atom. The van der Waals surface area contributed by atoms with Crippen LogP contribution in [-0.2, 0) is 26.2 Å². The molecule has 0 radical (unpaired) electrons. The summed E-state index contributed by atoms with van der Waals surface area (Å²) < 4.78 is 9.44. The number of rotatable bonds is 25. The van der Waals surface area contributed by atoms with Gasteiger partial charge in [-0.15, -0.1) is 0 Å². The van der Waals surface area contributed by atoms with Crippen LogP contribution in [-0.4, -0.2) is 0 Å². The van der Waals surface area contributed by atoms with Crippen molar-refractivity contribution < 1.29 is 18.3 Å². The highest BCUT2D eigenvalue weighted by Crippen LogP contribution is 2.16. The Kier molecular flexibility index (Phi) is 18.2. The molecule has 4 heteroatoms. The molecule has 0 saturated heterocycles. The fourth-order valence-electron chi connectivity index (χ4n) is 7.50. The zero-order valence-electron chi connectivity index (χ0n) is 32.4. The molecule has 4 aromatic heterocycles. The van der Waals surface area contributed by atoms with Crippen LogP contribution < -0.4 is 18.3 Å². The maximum absolute atomic E-state index is 2.37. The minimum atomic E-state index is 1.12. The first-order valence-corrected chi connectivity index (χ1v) is 20.4. The summed E-state index contributed by atoms with van der Waals surface area (Å²) in [6.45, 7) is 13.3. The Bertz CT molecular complexity index is 1340. The maximum atomic E-state index is 2.37. The minimum absolute atomic E-state index is 1.12. The molecule has 0 aromatic carbocycles. The van der Waals surface area contributed by atoms with Gasteiger partial charge in [0.2, 0.25) is 0 Å². The van der Waals surface area contributed by atoms with Crippen molar-refractivity contribution >= 4 is 0 Å². The first kappa shape index (κ1) is 39.4. The molecule has 270 valence electrons. The van der Waals surface area contributed by atoms with Gasteiger partial charge in [0.15, 0.2) is 49.6 Å². The minimum Gasteiger partial charge on any atom is -0.205 e. The zero-order chi connectivity index (χ0) is 35.2. The number of hydrogen-bond acceptors (Lipinski definition) is 0. The van der Waals surface area contributed by atoms with Gasteiger partial charge >= 0.3 is 0 Å². The third-order valence-corrected chi connectivity index (χ3v) is 10.2. The molecule has 4 aromatic rings. The van der Waals surface area contributed by atoms with E-state index in [9.17, 15) is 0 Å². The summed E-state index contributed by atoms with van der Waals surface area (Å²) in [6.07, 6.45) is 42.5. The quantitative estimate of drug-likeness (QED) is 0.0490. The van der Waals surface area contributed by atoms with Gasteiger partial charge in [0.25, 0.3) is 0 Å². The highest BCUT2D eigenvalue weighted by molar-refractivity contribution is 5.60. The summed E-state index contributed by atoms with van der Waals surface area (Å²) in [5.74, 6) is 0. The maximum Gasteiger partial charge on any atom is 0.171 e. The molecule has 0 saturated carbocycles. The van der Waals surface area contributed by atoms with Gasteiger partial charge in [-0.1, -0.05) is 64.2 Å². The fourth-order valence-corrected chi connectivity index (χ4v) is 7.50. The standard InChI is InChI=1S/C46H70N4/c1-41-35-42(2)38-49(37-41)29-21-17-13-9-5-7-11-15-19-27-47-31-23-45(24-32-47)46-25-33-48(34-26-46)28-20-16-12-8-6-10-14-18-22-30-50-39-43(3)36-44(4)40-50/h23-26,31-40H,5-22,27-30H2,1-4H3/q+4. The van der Waals surface area contributed by atoms with Gasteiger partial charge < -0.3 is 0 Å². The van der Waals surface area contributed by atoms with Gasteiger partial charge in [-0.05, 0) is 76.6 Å². The molecule has 0 spiro atoms. The molecule has 0 aliphatic carbocycles. The molecule has 4 nitrogen and oxygen atoms in total. The molecule has 0 aliphatic heterocycles. The smallest absolute Gasteiger partial charge is 0.171 e. The first-order chi connectivity index (χ1) is 24.4. The number of hydrogen-bond donors (Lipinski definition) is 0. The first-order valence-electron chi connectivity index (χ1n) is 20.4. The Balaban J connectivity index is 0.954. The van der Waals surface area contributed by atoms with Crippen LogP contribution in [0, 0.1) is 27.7 Å². The normalized spacial score (nSPS) is 11.4. The second-order valence-corrected chi connectivity index (χ2v) is 15.3. The van der Waals surface area contributed by atoms with Crippen LogP contribution >= 0.6 is 0 Å². The van der Waals surface area contributed by atoms with E-state index in [4.69, 9.17) is 0 Å². The molecule has 0 fully saturated rings. The lowest BCUT2D eigenvalue weighted by Gasteiger charge is -2.04. The predicted molar refractivity (Wildman–Crippen MR) is 208 cm³/mol. The summed E-state index contributed by atoms with van der Waals surface area (Å²) in [6, 6.07) is 13.6. The third-order valence-electron chi connectivity index (χ3n) is 10.2. The van der Waals surface area contributed by atoms with Crippen molar-refractivity contribution in [2.45, 2.75) is 169 Å². The summed E-state index contributed by atoms with van der Waals surface area (Å²) in [5, 5.41) is 0. The molecule has 0 bridgehead atoms. The SMILES string of the molecule is Cc1cc(C)c[n+](CCCCCCCCCCC[n+]2ccc(-c3cc[n+](CCCCCCCCCCC[n+]4cc(C)cc(C)c4)cc3)cc2)c1. The van der Waals surface area contributed by atoms with Gasteiger partial charge in [-0.25, -0.2) is 18.3 Å². The lowest BCUT2D eigenvalue weighted by molar-refractivity contribution is -0.698. The molecule has 4 heterocycles. The van der Waals surface area contributed by atoms with Crippen molar-refractivity contribution in [2.24, 2.45) is 0 Å². The molecule has 4 rings (SSSR count). The van der Waals surface area contributed by atoms with Crippen LogP contribution in [0.1, 0.15) is 138 Å². The van der Waals surface area contributed by atoms with Crippen molar-refractivity contribution in [3.8, 4) is 11.1 Å². The highest BCUT2D eigenvalue weighted by Gasteiger charge is 2.07. The van der Waals surface area contributed by atoms with E-state index < -0.39 is 0 Å². The van der Waals surface area contributed by atoms with E-state index in [0.717, 1.165) is 26.2 Å². The molecule has 50 heavy (non-hydrogen) atoms. The van der Waals surface area contributed by atoms with Crippen LogP contribution in [0.5, 0.6) is 0 Å².